The Morgan fingerprint density at radius 3 is 2.94 bits per heavy atom. The summed E-state index contributed by atoms with van der Waals surface area (Å²) in [4.78, 5) is 10.8. The number of carbonyl (C=O) groups is 1. The molecule has 92 valence electrons. The maximum absolute atomic E-state index is 10.8. The Morgan fingerprint density at radius 2 is 2.35 bits per heavy atom. The van der Waals surface area contributed by atoms with Crippen LogP contribution in [0.25, 0.3) is 0 Å². The molecule has 0 aromatic heterocycles. The van der Waals surface area contributed by atoms with Crippen molar-refractivity contribution < 1.29 is 19.7 Å². The normalized spacial score (nSPS) is 23.6. The third kappa shape index (κ3) is 2.48. The quantitative estimate of drug-likeness (QED) is 0.753. The summed E-state index contributed by atoms with van der Waals surface area (Å²) in [7, 11) is 1.48. The lowest BCUT2D eigenvalue weighted by Crippen LogP contribution is -2.33. The lowest BCUT2D eigenvalue weighted by molar-refractivity contribution is -0.138. The zero-order valence-corrected chi connectivity index (χ0v) is 10.0. The standard InChI is InChI=1S/C11H13NO4S/c1-16-9-4-6(2-3-8(9)13)10-12-7(5-17-10)11(14)15/h2-4,7,10,12-13H,5H2,1H3,(H,14,15). The van der Waals surface area contributed by atoms with Crippen LogP contribution in [0.2, 0.25) is 0 Å². The second-order valence-corrected chi connectivity index (χ2v) is 4.84. The van der Waals surface area contributed by atoms with Gasteiger partial charge in [0.1, 0.15) is 6.04 Å². The molecule has 1 aliphatic rings. The number of thioether (sulfide) groups is 1. The predicted molar refractivity (Wildman–Crippen MR) is 64.4 cm³/mol. The van der Waals surface area contributed by atoms with Crippen LogP contribution in [0.5, 0.6) is 11.5 Å². The van der Waals surface area contributed by atoms with E-state index in [-0.39, 0.29) is 11.1 Å². The van der Waals surface area contributed by atoms with E-state index < -0.39 is 12.0 Å². The van der Waals surface area contributed by atoms with Crippen molar-refractivity contribution in [2.75, 3.05) is 12.9 Å². The number of nitrogens with one attached hydrogen (secondary N) is 1. The molecule has 2 unspecified atom stereocenters. The molecular weight excluding hydrogens is 242 g/mol. The fourth-order valence-electron chi connectivity index (χ4n) is 1.66. The molecule has 1 saturated heterocycles. The number of aliphatic carboxylic acids is 1. The maximum atomic E-state index is 10.8. The molecule has 0 radical (unpaired) electrons. The van der Waals surface area contributed by atoms with Gasteiger partial charge < -0.3 is 14.9 Å². The molecule has 1 aliphatic heterocycles. The van der Waals surface area contributed by atoms with E-state index in [1.54, 1.807) is 18.2 Å². The molecule has 0 amide bonds. The summed E-state index contributed by atoms with van der Waals surface area (Å²) in [6.45, 7) is 0. The van der Waals surface area contributed by atoms with Crippen molar-refractivity contribution in [2.24, 2.45) is 0 Å². The highest BCUT2D eigenvalue weighted by atomic mass is 32.2. The predicted octanol–water partition coefficient (Wildman–Crippen LogP) is 1.19. The van der Waals surface area contributed by atoms with Gasteiger partial charge in [-0.15, -0.1) is 11.8 Å². The highest BCUT2D eigenvalue weighted by molar-refractivity contribution is 7.99. The first kappa shape index (κ1) is 12.1. The van der Waals surface area contributed by atoms with Crippen LogP contribution in [0, 0.1) is 0 Å². The van der Waals surface area contributed by atoms with Crippen molar-refractivity contribution in [1.29, 1.82) is 0 Å². The topological polar surface area (TPSA) is 78.8 Å². The van der Waals surface area contributed by atoms with E-state index in [4.69, 9.17) is 9.84 Å². The Bertz CT molecular complexity index is 437. The Labute approximate surface area is 103 Å². The number of carboxylic acids is 1. The Balaban J connectivity index is 2.16. The average Bonchev–Trinajstić information content (AvgIpc) is 2.79. The van der Waals surface area contributed by atoms with Crippen LogP contribution < -0.4 is 10.1 Å². The Kier molecular flexibility index (Phi) is 3.44. The molecule has 17 heavy (non-hydrogen) atoms. The fraction of sp³-hybridized carbons (Fsp3) is 0.364. The van der Waals surface area contributed by atoms with Crippen molar-refractivity contribution >= 4 is 17.7 Å². The summed E-state index contributed by atoms with van der Waals surface area (Å²) < 4.78 is 5.02. The van der Waals surface area contributed by atoms with Crippen molar-refractivity contribution in [1.82, 2.24) is 5.32 Å². The molecule has 3 N–H and O–H groups in total. The summed E-state index contributed by atoms with van der Waals surface area (Å²) in [6, 6.07) is 4.49. The first-order chi connectivity index (χ1) is 8.11. The molecule has 5 nitrogen and oxygen atoms in total. The number of phenolic OH excluding ortho intramolecular Hbond substituents is 1. The van der Waals surface area contributed by atoms with Crippen molar-refractivity contribution in [3.8, 4) is 11.5 Å². The molecule has 2 atom stereocenters. The van der Waals surface area contributed by atoms with Crippen LogP contribution >= 0.6 is 11.8 Å². The van der Waals surface area contributed by atoms with Gasteiger partial charge in [-0.1, -0.05) is 6.07 Å². The second kappa shape index (κ2) is 4.85. The SMILES string of the molecule is COc1cc(C2NC(C(=O)O)CS2)ccc1O. The summed E-state index contributed by atoms with van der Waals surface area (Å²) in [5.41, 5.74) is 0.897. The number of phenols is 1. The monoisotopic (exact) mass is 255 g/mol. The van der Waals surface area contributed by atoms with Crippen LogP contribution in [0.1, 0.15) is 10.9 Å². The van der Waals surface area contributed by atoms with Crippen LogP contribution in [0.4, 0.5) is 0 Å². The number of methoxy groups -OCH3 is 1. The maximum Gasteiger partial charge on any atom is 0.321 e. The van der Waals surface area contributed by atoms with Crippen molar-refractivity contribution in [3.63, 3.8) is 0 Å². The van der Waals surface area contributed by atoms with Gasteiger partial charge in [0.2, 0.25) is 0 Å². The summed E-state index contributed by atoms with van der Waals surface area (Å²) in [6.07, 6.45) is 0. The summed E-state index contributed by atoms with van der Waals surface area (Å²) >= 11 is 1.53. The zero-order valence-electron chi connectivity index (χ0n) is 9.21. The van der Waals surface area contributed by atoms with Gasteiger partial charge in [0.15, 0.2) is 11.5 Å². The van der Waals surface area contributed by atoms with Crippen molar-refractivity contribution in [2.45, 2.75) is 11.4 Å². The van der Waals surface area contributed by atoms with Crippen LogP contribution in [0.3, 0.4) is 0 Å². The molecule has 2 rings (SSSR count). The highest BCUT2D eigenvalue weighted by Gasteiger charge is 2.30. The van der Waals surface area contributed by atoms with E-state index in [1.807, 2.05) is 0 Å². The Hall–Kier alpha value is -1.40. The Morgan fingerprint density at radius 1 is 1.59 bits per heavy atom. The summed E-state index contributed by atoms with van der Waals surface area (Å²) in [5.74, 6) is 0.159. The molecule has 6 heteroatoms. The molecular formula is C11H13NO4S. The van der Waals surface area contributed by atoms with E-state index in [0.29, 0.717) is 11.5 Å². The van der Waals surface area contributed by atoms with Gasteiger partial charge in [-0.05, 0) is 17.7 Å². The largest absolute Gasteiger partial charge is 0.504 e. The van der Waals surface area contributed by atoms with E-state index in [1.165, 1.54) is 18.9 Å². The molecule has 0 aliphatic carbocycles. The van der Waals surface area contributed by atoms with E-state index in [0.717, 1.165) is 5.56 Å². The van der Waals surface area contributed by atoms with Crippen LogP contribution in [-0.4, -0.2) is 35.1 Å². The number of ether oxygens (including phenoxy) is 1. The first-order valence-electron chi connectivity index (χ1n) is 5.09. The molecule has 1 aromatic carbocycles. The van der Waals surface area contributed by atoms with Crippen molar-refractivity contribution in [3.05, 3.63) is 23.8 Å². The first-order valence-corrected chi connectivity index (χ1v) is 6.14. The zero-order chi connectivity index (χ0) is 12.4. The van der Waals surface area contributed by atoms with Gasteiger partial charge in [-0.3, -0.25) is 10.1 Å². The lowest BCUT2D eigenvalue weighted by atomic mass is 10.2. The van der Waals surface area contributed by atoms with E-state index in [9.17, 15) is 9.90 Å². The molecule has 0 bridgehead atoms. The minimum Gasteiger partial charge on any atom is -0.504 e. The van der Waals surface area contributed by atoms with Crippen LogP contribution in [0.15, 0.2) is 18.2 Å². The third-order valence-electron chi connectivity index (χ3n) is 2.59. The smallest absolute Gasteiger partial charge is 0.321 e. The average molecular weight is 255 g/mol. The van der Waals surface area contributed by atoms with Gasteiger partial charge in [0.25, 0.3) is 0 Å². The number of rotatable bonds is 3. The number of hydrogen-bond donors (Lipinski definition) is 3. The number of benzene rings is 1. The number of aromatic hydroxyl groups is 1. The lowest BCUT2D eigenvalue weighted by Gasteiger charge is -2.13. The minimum atomic E-state index is -0.842. The number of carboxylic acid groups (broad SMARTS) is 1. The van der Waals surface area contributed by atoms with Crippen LogP contribution in [-0.2, 0) is 4.79 Å². The van der Waals surface area contributed by atoms with E-state index in [2.05, 4.69) is 5.32 Å². The van der Waals surface area contributed by atoms with Gasteiger partial charge >= 0.3 is 5.97 Å². The molecule has 0 spiro atoms. The van der Waals surface area contributed by atoms with Gasteiger partial charge in [0, 0.05) is 5.75 Å². The highest BCUT2D eigenvalue weighted by Crippen LogP contribution is 2.36. The molecule has 1 heterocycles. The molecule has 1 fully saturated rings. The molecule has 0 saturated carbocycles. The molecule has 1 aromatic rings. The second-order valence-electron chi connectivity index (χ2n) is 3.70. The summed E-state index contributed by atoms with van der Waals surface area (Å²) in [5, 5.41) is 21.3. The van der Waals surface area contributed by atoms with Gasteiger partial charge in [-0.2, -0.15) is 0 Å². The fourth-order valence-corrected chi connectivity index (χ4v) is 2.89. The third-order valence-corrected chi connectivity index (χ3v) is 3.85. The minimum absolute atomic E-state index is 0.0778. The number of hydrogen-bond acceptors (Lipinski definition) is 5. The van der Waals surface area contributed by atoms with Gasteiger partial charge in [0.05, 0.1) is 12.5 Å². The van der Waals surface area contributed by atoms with E-state index >= 15 is 0 Å². The van der Waals surface area contributed by atoms with Gasteiger partial charge in [-0.25, -0.2) is 0 Å².